The van der Waals surface area contributed by atoms with Crippen LogP contribution in [0.1, 0.15) is 30.2 Å². The summed E-state index contributed by atoms with van der Waals surface area (Å²) in [6, 6.07) is 5.79. The van der Waals surface area contributed by atoms with E-state index in [-0.39, 0.29) is 24.3 Å². The number of aliphatic hydroxyl groups is 1. The second-order valence-electron chi connectivity index (χ2n) is 9.05. The average Bonchev–Trinajstić information content (AvgIpc) is 3.15. The second kappa shape index (κ2) is 10.5. The topological polar surface area (TPSA) is 104 Å². The Labute approximate surface area is 207 Å². The lowest BCUT2D eigenvalue weighted by Gasteiger charge is -2.28. The first-order chi connectivity index (χ1) is 17.1. The molecule has 4 N–H and O–H groups in total. The summed E-state index contributed by atoms with van der Waals surface area (Å²) in [6.07, 6.45) is -4.66. The van der Waals surface area contributed by atoms with E-state index in [1.54, 1.807) is 35.5 Å². The molecule has 0 radical (unpaired) electrons. The summed E-state index contributed by atoms with van der Waals surface area (Å²) >= 11 is 0. The van der Waals surface area contributed by atoms with Gasteiger partial charge in [0, 0.05) is 43.5 Å². The van der Waals surface area contributed by atoms with Crippen molar-refractivity contribution in [1.82, 2.24) is 19.5 Å². The van der Waals surface area contributed by atoms with Gasteiger partial charge in [0.2, 0.25) is 0 Å². The number of nitrogen functional groups attached to an aromatic ring is 1. The van der Waals surface area contributed by atoms with Crippen molar-refractivity contribution < 1.29 is 23.0 Å². The highest BCUT2D eigenvalue weighted by Crippen LogP contribution is 2.37. The van der Waals surface area contributed by atoms with Crippen molar-refractivity contribution in [2.75, 3.05) is 55.8 Å². The zero-order chi connectivity index (χ0) is 26.0. The number of alkyl halides is 3. The molecule has 4 rings (SSSR count). The number of hydrogen-bond acceptors (Lipinski definition) is 8. The highest BCUT2D eigenvalue weighted by atomic mass is 19.4. The zero-order valence-corrected chi connectivity index (χ0v) is 20.6. The summed E-state index contributed by atoms with van der Waals surface area (Å²) in [6.45, 7) is 6.26. The minimum atomic E-state index is -4.54. The minimum absolute atomic E-state index is 0.0144. The highest BCUT2D eigenvalue weighted by Gasteiger charge is 2.35. The highest BCUT2D eigenvalue weighted by molar-refractivity contribution is 5.74. The number of benzene rings is 1. The Hall–Kier alpha value is -3.09. The van der Waals surface area contributed by atoms with E-state index in [9.17, 15) is 18.3 Å². The van der Waals surface area contributed by atoms with E-state index in [4.69, 9.17) is 15.6 Å². The summed E-state index contributed by atoms with van der Waals surface area (Å²) in [4.78, 5) is 8.23. The molecule has 0 aliphatic carbocycles. The molecule has 1 unspecified atom stereocenters. The van der Waals surface area contributed by atoms with Crippen molar-refractivity contribution in [3.8, 4) is 0 Å². The Kier molecular flexibility index (Phi) is 7.57. The summed E-state index contributed by atoms with van der Waals surface area (Å²) in [5, 5.41) is 17.9. The van der Waals surface area contributed by atoms with Crippen LogP contribution in [0.2, 0.25) is 0 Å². The largest absolute Gasteiger partial charge is 0.416 e. The number of ether oxygens (including phenoxy) is 1. The van der Waals surface area contributed by atoms with Gasteiger partial charge >= 0.3 is 6.18 Å². The van der Waals surface area contributed by atoms with E-state index in [2.05, 4.69) is 10.3 Å². The molecule has 1 atom stereocenters. The lowest BCUT2D eigenvalue weighted by Crippen LogP contribution is -2.37. The van der Waals surface area contributed by atoms with Gasteiger partial charge in [0.15, 0.2) is 17.3 Å². The summed E-state index contributed by atoms with van der Waals surface area (Å²) < 4.78 is 48.9. The normalized spacial score (nSPS) is 15.6. The zero-order valence-electron chi connectivity index (χ0n) is 20.6. The first-order valence-electron chi connectivity index (χ1n) is 11.9. The molecule has 1 aliphatic rings. The van der Waals surface area contributed by atoms with Crippen LogP contribution in [0.5, 0.6) is 0 Å². The van der Waals surface area contributed by atoms with E-state index in [1.165, 1.54) is 6.07 Å². The molecule has 196 valence electrons. The number of aromatic nitrogens is 3. The maximum absolute atomic E-state index is 14.0. The number of halogens is 3. The van der Waals surface area contributed by atoms with Gasteiger partial charge in [-0.2, -0.15) is 17.7 Å². The van der Waals surface area contributed by atoms with Crippen LogP contribution < -0.4 is 16.0 Å². The molecule has 3 heterocycles. The van der Waals surface area contributed by atoms with E-state index in [0.717, 1.165) is 6.07 Å². The molecule has 1 saturated heterocycles. The van der Waals surface area contributed by atoms with Crippen molar-refractivity contribution in [2.24, 2.45) is 0 Å². The second-order valence-corrected chi connectivity index (χ2v) is 9.05. The Morgan fingerprint density at radius 1 is 1.28 bits per heavy atom. The number of aliphatic hydroxyl groups excluding tert-OH is 1. The fraction of sp³-hybridized carbons (Fsp3) is 0.500. The third-order valence-corrected chi connectivity index (χ3v) is 6.27. The van der Waals surface area contributed by atoms with Crippen molar-refractivity contribution >= 4 is 28.7 Å². The van der Waals surface area contributed by atoms with Crippen LogP contribution in [0.3, 0.4) is 0 Å². The minimum Gasteiger partial charge on any atom is -0.396 e. The lowest BCUT2D eigenvalue weighted by atomic mass is 10.0. The molecule has 1 fully saturated rings. The molecule has 1 aromatic carbocycles. The van der Waals surface area contributed by atoms with Gasteiger partial charge in [-0.3, -0.25) is 4.90 Å². The van der Waals surface area contributed by atoms with Crippen molar-refractivity contribution in [3.05, 3.63) is 41.1 Å². The van der Waals surface area contributed by atoms with Gasteiger partial charge in [-0.1, -0.05) is 13.0 Å². The fourth-order valence-electron chi connectivity index (χ4n) is 4.32. The Bertz CT molecular complexity index is 1210. The smallest absolute Gasteiger partial charge is 0.396 e. The SMILES string of the molecule is CCC(O)CN(C)Cc1c(Nc2c(C)nc3c(N)cc(N4CCOCC4)nn23)cccc1C(F)(F)F. The molecule has 3 aromatic rings. The molecular formula is C24H32F3N7O2. The molecule has 9 nitrogen and oxygen atoms in total. The van der Waals surface area contributed by atoms with Crippen LogP contribution in [0.4, 0.5) is 36.2 Å². The first-order valence-corrected chi connectivity index (χ1v) is 11.9. The van der Waals surface area contributed by atoms with E-state index in [1.807, 2.05) is 11.8 Å². The number of anilines is 4. The third kappa shape index (κ3) is 5.50. The van der Waals surface area contributed by atoms with Crippen LogP contribution in [-0.2, 0) is 17.5 Å². The van der Waals surface area contributed by atoms with Crippen LogP contribution in [0, 0.1) is 6.92 Å². The first kappa shape index (κ1) is 26.0. The summed E-state index contributed by atoms with van der Waals surface area (Å²) in [5.41, 5.74) is 7.29. The fourth-order valence-corrected chi connectivity index (χ4v) is 4.32. The van der Waals surface area contributed by atoms with Gasteiger partial charge in [-0.25, -0.2) is 4.98 Å². The number of fused-ring (bicyclic) bond motifs is 1. The van der Waals surface area contributed by atoms with Crippen molar-refractivity contribution in [2.45, 2.75) is 39.1 Å². The van der Waals surface area contributed by atoms with Gasteiger partial charge in [0.25, 0.3) is 0 Å². The van der Waals surface area contributed by atoms with Gasteiger partial charge in [-0.15, -0.1) is 5.10 Å². The Balaban J connectivity index is 1.76. The van der Waals surface area contributed by atoms with Crippen LogP contribution >= 0.6 is 0 Å². The molecule has 12 heteroatoms. The number of nitrogens with one attached hydrogen (secondary N) is 1. The molecule has 36 heavy (non-hydrogen) atoms. The number of aryl methyl sites for hydroxylation is 1. The van der Waals surface area contributed by atoms with Gasteiger partial charge in [0.1, 0.15) is 0 Å². The summed E-state index contributed by atoms with van der Waals surface area (Å²) in [7, 11) is 1.69. The van der Waals surface area contributed by atoms with E-state index < -0.39 is 17.8 Å². The number of morpholine rings is 1. The monoisotopic (exact) mass is 507 g/mol. The van der Waals surface area contributed by atoms with Gasteiger partial charge in [0.05, 0.1) is 36.3 Å². The van der Waals surface area contributed by atoms with Gasteiger partial charge < -0.3 is 25.8 Å². The lowest BCUT2D eigenvalue weighted by molar-refractivity contribution is -0.138. The number of likely N-dealkylation sites (N-methyl/N-ethyl adjacent to an activating group) is 1. The molecule has 0 amide bonds. The molecule has 0 saturated carbocycles. The van der Waals surface area contributed by atoms with Crippen LogP contribution in [0.15, 0.2) is 24.3 Å². The quantitative estimate of drug-likeness (QED) is 0.426. The number of imidazole rings is 1. The predicted molar refractivity (Wildman–Crippen MR) is 133 cm³/mol. The molecular weight excluding hydrogens is 475 g/mol. The molecule has 0 spiro atoms. The maximum Gasteiger partial charge on any atom is 0.416 e. The van der Waals surface area contributed by atoms with Crippen molar-refractivity contribution in [1.29, 1.82) is 0 Å². The molecule has 1 aliphatic heterocycles. The molecule has 0 bridgehead atoms. The standard InChI is InChI=1S/C24H32F3N7O2/c1-4-16(35)13-32(3)14-17-18(24(25,26)27)6-5-7-20(17)30-22-15(2)29-23-19(28)12-21(31-34(22)23)33-8-10-36-11-9-33/h5-7,12,16,30,35H,4,8-11,13-14,28H2,1-3H3. The number of nitrogens with two attached hydrogens (primary N) is 1. The number of hydrogen-bond donors (Lipinski definition) is 3. The van der Waals surface area contributed by atoms with Crippen LogP contribution in [0.25, 0.3) is 5.65 Å². The van der Waals surface area contributed by atoms with E-state index in [0.29, 0.717) is 61.4 Å². The number of rotatable bonds is 8. The van der Waals surface area contributed by atoms with Crippen LogP contribution in [-0.4, -0.2) is 70.6 Å². The Morgan fingerprint density at radius 3 is 2.67 bits per heavy atom. The molecule has 2 aromatic heterocycles. The summed E-state index contributed by atoms with van der Waals surface area (Å²) in [5.74, 6) is 1.07. The van der Waals surface area contributed by atoms with Gasteiger partial charge in [-0.05, 0) is 32.5 Å². The Morgan fingerprint density at radius 2 is 2.00 bits per heavy atom. The third-order valence-electron chi connectivity index (χ3n) is 6.27. The van der Waals surface area contributed by atoms with E-state index >= 15 is 0 Å². The number of nitrogens with zero attached hydrogens (tertiary/aromatic N) is 5. The maximum atomic E-state index is 14.0. The van der Waals surface area contributed by atoms with Crippen molar-refractivity contribution in [3.63, 3.8) is 0 Å². The average molecular weight is 508 g/mol. The predicted octanol–water partition coefficient (Wildman–Crippen LogP) is 3.42.